The van der Waals surface area contributed by atoms with Gasteiger partial charge in [0.05, 0.1) is 0 Å². The Morgan fingerprint density at radius 1 is 1.39 bits per heavy atom. The summed E-state index contributed by atoms with van der Waals surface area (Å²) in [7, 11) is 1.80. The average Bonchev–Trinajstić information content (AvgIpc) is 2.51. The van der Waals surface area contributed by atoms with Crippen molar-refractivity contribution >= 4 is 17.6 Å². The third-order valence-corrected chi connectivity index (χ3v) is 4.49. The van der Waals surface area contributed by atoms with Crippen LogP contribution < -0.4 is 5.32 Å². The molecule has 0 atom stereocenters. The molecule has 1 aliphatic rings. The minimum Gasteiger partial charge on any atom is -0.335 e. The molecule has 1 saturated heterocycles. The van der Waals surface area contributed by atoms with Gasteiger partial charge in [-0.15, -0.1) is 0 Å². The predicted octanol–water partition coefficient (Wildman–Crippen LogP) is 3.52. The van der Waals surface area contributed by atoms with Gasteiger partial charge in [-0.2, -0.15) is 0 Å². The predicted molar refractivity (Wildman–Crippen MR) is 95.7 cm³/mol. The normalized spacial score (nSPS) is 16.1. The molecule has 23 heavy (non-hydrogen) atoms. The second-order valence-corrected chi connectivity index (χ2v) is 6.81. The van der Waals surface area contributed by atoms with Gasteiger partial charge in [-0.3, -0.25) is 4.90 Å². The first kappa shape index (κ1) is 17.8. The second kappa shape index (κ2) is 8.37. The van der Waals surface area contributed by atoms with Crippen LogP contribution in [0.25, 0.3) is 0 Å². The Hall–Kier alpha value is -1.52. The molecule has 0 spiro atoms. The summed E-state index contributed by atoms with van der Waals surface area (Å²) >= 11 is 6.15. The molecular formula is C18H26ClN3O. The first-order chi connectivity index (χ1) is 11.0. The van der Waals surface area contributed by atoms with E-state index in [0.717, 1.165) is 38.0 Å². The van der Waals surface area contributed by atoms with Gasteiger partial charge in [-0.25, -0.2) is 4.79 Å². The summed E-state index contributed by atoms with van der Waals surface area (Å²) in [6, 6.07) is 7.83. The molecule has 0 saturated carbocycles. The Balaban J connectivity index is 1.78. The number of hydrogen-bond donors (Lipinski definition) is 1. The third kappa shape index (κ3) is 5.56. The SMILES string of the molecule is C=C(C)CN1CCC(NC(=O)N(C)Cc2ccccc2Cl)CC1. The number of nitrogens with zero attached hydrogens (tertiary/aromatic N) is 2. The van der Waals surface area contributed by atoms with Crippen molar-refractivity contribution < 1.29 is 4.79 Å². The second-order valence-electron chi connectivity index (χ2n) is 6.40. The summed E-state index contributed by atoms with van der Waals surface area (Å²) in [5.41, 5.74) is 2.15. The molecule has 1 aromatic carbocycles. The maximum absolute atomic E-state index is 12.3. The zero-order chi connectivity index (χ0) is 16.8. The summed E-state index contributed by atoms with van der Waals surface area (Å²) in [6.07, 6.45) is 1.97. The Morgan fingerprint density at radius 2 is 2.04 bits per heavy atom. The monoisotopic (exact) mass is 335 g/mol. The van der Waals surface area contributed by atoms with Crippen molar-refractivity contribution in [1.29, 1.82) is 0 Å². The van der Waals surface area contributed by atoms with E-state index in [1.165, 1.54) is 5.57 Å². The standard InChI is InChI=1S/C18H26ClN3O/c1-14(2)12-22-10-8-16(9-11-22)20-18(23)21(3)13-15-6-4-5-7-17(15)19/h4-7,16H,1,8-13H2,2-3H3,(H,20,23). The molecule has 1 heterocycles. The molecule has 1 fully saturated rings. The number of nitrogens with one attached hydrogen (secondary N) is 1. The maximum Gasteiger partial charge on any atom is 0.317 e. The van der Waals surface area contributed by atoms with Crippen LogP contribution in [-0.4, -0.2) is 48.6 Å². The van der Waals surface area contributed by atoms with Gasteiger partial charge in [-0.1, -0.05) is 42.0 Å². The fraction of sp³-hybridized carbons (Fsp3) is 0.500. The summed E-state index contributed by atoms with van der Waals surface area (Å²) in [6.45, 7) is 9.49. The summed E-state index contributed by atoms with van der Waals surface area (Å²) in [4.78, 5) is 16.4. The number of likely N-dealkylation sites (tertiary alicyclic amines) is 1. The number of hydrogen-bond acceptors (Lipinski definition) is 2. The van der Waals surface area contributed by atoms with E-state index in [-0.39, 0.29) is 12.1 Å². The highest BCUT2D eigenvalue weighted by Gasteiger charge is 2.22. The molecule has 126 valence electrons. The average molecular weight is 336 g/mol. The van der Waals surface area contributed by atoms with Crippen LogP contribution in [0.2, 0.25) is 5.02 Å². The lowest BCUT2D eigenvalue weighted by Gasteiger charge is -2.33. The number of carbonyl (C=O) groups is 1. The van der Waals surface area contributed by atoms with Crippen molar-refractivity contribution in [3.05, 3.63) is 47.0 Å². The highest BCUT2D eigenvalue weighted by molar-refractivity contribution is 6.31. The summed E-state index contributed by atoms with van der Waals surface area (Å²) in [5, 5.41) is 3.82. The highest BCUT2D eigenvalue weighted by atomic mass is 35.5. The molecule has 5 heteroatoms. The Bertz CT molecular complexity index is 553. The molecule has 4 nitrogen and oxygen atoms in total. The van der Waals surface area contributed by atoms with Gasteiger partial charge in [0.1, 0.15) is 0 Å². The van der Waals surface area contributed by atoms with Crippen molar-refractivity contribution in [2.45, 2.75) is 32.4 Å². The number of rotatable bonds is 5. The van der Waals surface area contributed by atoms with Crippen molar-refractivity contribution in [2.24, 2.45) is 0 Å². The van der Waals surface area contributed by atoms with Gasteiger partial charge < -0.3 is 10.2 Å². The molecule has 1 aromatic rings. The fourth-order valence-corrected chi connectivity index (χ4v) is 3.05. The van der Waals surface area contributed by atoms with E-state index >= 15 is 0 Å². The zero-order valence-electron chi connectivity index (χ0n) is 14.0. The molecule has 0 radical (unpaired) electrons. The molecule has 0 aromatic heterocycles. The van der Waals surface area contributed by atoms with E-state index in [9.17, 15) is 4.79 Å². The van der Waals surface area contributed by atoms with Crippen LogP contribution in [0.1, 0.15) is 25.3 Å². The smallest absolute Gasteiger partial charge is 0.317 e. The lowest BCUT2D eigenvalue weighted by Crippen LogP contribution is -2.48. The van der Waals surface area contributed by atoms with Crippen LogP contribution in [0.5, 0.6) is 0 Å². The van der Waals surface area contributed by atoms with E-state index in [4.69, 9.17) is 11.6 Å². The van der Waals surface area contributed by atoms with Gasteiger partial charge >= 0.3 is 6.03 Å². The number of amides is 2. The topological polar surface area (TPSA) is 35.6 Å². The molecule has 0 unspecified atom stereocenters. The van der Waals surface area contributed by atoms with Crippen LogP contribution in [-0.2, 0) is 6.54 Å². The van der Waals surface area contributed by atoms with Gasteiger partial charge in [0, 0.05) is 44.3 Å². The van der Waals surface area contributed by atoms with Crippen molar-refractivity contribution in [3.8, 4) is 0 Å². The van der Waals surface area contributed by atoms with E-state index in [0.29, 0.717) is 11.6 Å². The number of benzene rings is 1. The number of halogens is 1. The van der Waals surface area contributed by atoms with E-state index in [1.807, 2.05) is 24.3 Å². The molecule has 2 rings (SSSR count). The quantitative estimate of drug-likeness (QED) is 0.836. The molecule has 1 N–H and O–H groups in total. The number of urea groups is 1. The van der Waals surface area contributed by atoms with Gasteiger partial charge in [-0.05, 0) is 31.4 Å². The fourth-order valence-electron chi connectivity index (χ4n) is 2.86. The zero-order valence-corrected chi connectivity index (χ0v) is 14.8. The van der Waals surface area contributed by atoms with Crippen LogP contribution in [0.4, 0.5) is 4.79 Å². The number of carbonyl (C=O) groups excluding carboxylic acids is 1. The van der Waals surface area contributed by atoms with Crippen LogP contribution in [0.15, 0.2) is 36.4 Å². The Labute approximate surface area is 144 Å². The first-order valence-electron chi connectivity index (χ1n) is 8.07. The Kier molecular flexibility index (Phi) is 6.48. The molecule has 0 bridgehead atoms. The van der Waals surface area contributed by atoms with Crippen LogP contribution in [0, 0.1) is 0 Å². The molecule has 1 aliphatic heterocycles. The summed E-state index contributed by atoms with van der Waals surface area (Å²) < 4.78 is 0. The minimum absolute atomic E-state index is 0.0386. The van der Waals surface area contributed by atoms with Gasteiger partial charge in [0.25, 0.3) is 0 Å². The molecule has 0 aliphatic carbocycles. The largest absolute Gasteiger partial charge is 0.335 e. The van der Waals surface area contributed by atoms with Gasteiger partial charge in [0.2, 0.25) is 0 Å². The first-order valence-corrected chi connectivity index (χ1v) is 8.45. The molecular weight excluding hydrogens is 310 g/mol. The van der Waals surface area contributed by atoms with Crippen molar-refractivity contribution in [3.63, 3.8) is 0 Å². The lowest BCUT2D eigenvalue weighted by atomic mass is 10.0. The Morgan fingerprint density at radius 3 is 2.65 bits per heavy atom. The van der Waals surface area contributed by atoms with E-state index in [2.05, 4.69) is 23.7 Å². The maximum atomic E-state index is 12.3. The van der Waals surface area contributed by atoms with Crippen LogP contribution >= 0.6 is 11.6 Å². The van der Waals surface area contributed by atoms with Crippen LogP contribution in [0.3, 0.4) is 0 Å². The molecule has 2 amide bonds. The summed E-state index contributed by atoms with van der Waals surface area (Å²) in [5.74, 6) is 0. The minimum atomic E-state index is -0.0386. The van der Waals surface area contributed by atoms with E-state index < -0.39 is 0 Å². The van der Waals surface area contributed by atoms with Gasteiger partial charge in [0.15, 0.2) is 0 Å². The highest BCUT2D eigenvalue weighted by Crippen LogP contribution is 2.17. The van der Waals surface area contributed by atoms with Crippen molar-refractivity contribution in [1.82, 2.24) is 15.1 Å². The number of piperidine rings is 1. The lowest BCUT2D eigenvalue weighted by molar-refractivity contribution is 0.182. The van der Waals surface area contributed by atoms with E-state index in [1.54, 1.807) is 11.9 Å². The third-order valence-electron chi connectivity index (χ3n) is 4.12. The van der Waals surface area contributed by atoms with Crippen molar-refractivity contribution in [2.75, 3.05) is 26.7 Å².